The van der Waals surface area contributed by atoms with Gasteiger partial charge in [0.15, 0.2) is 4.96 Å². The normalized spacial score (nSPS) is 11.3. The number of aryl methyl sites for hydroxylation is 1. The summed E-state index contributed by atoms with van der Waals surface area (Å²) in [5.41, 5.74) is 2.19. The van der Waals surface area contributed by atoms with Crippen LogP contribution in [-0.2, 0) is 11.2 Å². The van der Waals surface area contributed by atoms with Gasteiger partial charge in [0.25, 0.3) is 0 Å². The number of nitrogens with zero attached hydrogens (tertiary/aromatic N) is 2. The Labute approximate surface area is 101 Å². The van der Waals surface area contributed by atoms with E-state index >= 15 is 0 Å². The van der Waals surface area contributed by atoms with Crippen LogP contribution in [0.1, 0.15) is 12.0 Å². The van der Waals surface area contributed by atoms with Crippen LogP contribution in [0.2, 0.25) is 0 Å². The highest BCUT2D eigenvalue weighted by Crippen LogP contribution is 2.26. The van der Waals surface area contributed by atoms with Crippen molar-refractivity contribution in [2.45, 2.75) is 12.8 Å². The van der Waals surface area contributed by atoms with E-state index in [0.29, 0.717) is 6.42 Å². The number of hydrogen-bond donors (Lipinski definition) is 1. The van der Waals surface area contributed by atoms with Gasteiger partial charge in [-0.2, -0.15) is 0 Å². The average Bonchev–Trinajstić information content (AvgIpc) is 2.85. The molecule has 0 unspecified atom stereocenters. The SMILES string of the molecule is O=C(O)CCc1ccc2c(c1)sc1nccn12. The highest BCUT2D eigenvalue weighted by molar-refractivity contribution is 7.23. The number of fused-ring (bicyclic) bond motifs is 3. The molecule has 86 valence electrons. The van der Waals surface area contributed by atoms with Crippen LogP contribution >= 0.6 is 11.3 Å². The molecule has 4 nitrogen and oxygen atoms in total. The van der Waals surface area contributed by atoms with Crippen LogP contribution in [0.3, 0.4) is 0 Å². The quantitative estimate of drug-likeness (QED) is 0.772. The molecule has 17 heavy (non-hydrogen) atoms. The topological polar surface area (TPSA) is 54.6 Å². The van der Waals surface area contributed by atoms with E-state index in [4.69, 9.17) is 5.11 Å². The molecule has 0 radical (unpaired) electrons. The molecule has 0 aliphatic carbocycles. The number of aliphatic carboxylic acids is 1. The number of thiazole rings is 1. The Morgan fingerprint density at radius 1 is 1.47 bits per heavy atom. The van der Waals surface area contributed by atoms with Gasteiger partial charge in [-0.05, 0) is 24.1 Å². The summed E-state index contributed by atoms with van der Waals surface area (Å²) in [5.74, 6) is -0.758. The number of rotatable bonds is 3. The van der Waals surface area contributed by atoms with E-state index in [9.17, 15) is 4.79 Å². The van der Waals surface area contributed by atoms with Crippen LogP contribution in [0.25, 0.3) is 15.2 Å². The lowest BCUT2D eigenvalue weighted by molar-refractivity contribution is -0.136. The summed E-state index contributed by atoms with van der Waals surface area (Å²) in [6, 6.07) is 6.06. The van der Waals surface area contributed by atoms with Crippen LogP contribution in [0.5, 0.6) is 0 Å². The molecule has 1 aromatic carbocycles. The largest absolute Gasteiger partial charge is 0.481 e. The summed E-state index contributed by atoms with van der Waals surface area (Å²) in [7, 11) is 0. The highest BCUT2D eigenvalue weighted by Gasteiger charge is 2.06. The van der Waals surface area contributed by atoms with Crippen molar-refractivity contribution >= 4 is 32.5 Å². The van der Waals surface area contributed by atoms with E-state index in [1.165, 1.54) is 0 Å². The number of hydrogen-bond acceptors (Lipinski definition) is 3. The van der Waals surface area contributed by atoms with Crippen LogP contribution in [-0.4, -0.2) is 20.5 Å². The fraction of sp³-hybridized carbons (Fsp3) is 0.167. The molecule has 0 bridgehead atoms. The Morgan fingerprint density at radius 2 is 2.35 bits per heavy atom. The summed E-state index contributed by atoms with van der Waals surface area (Å²) in [5, 5.41) is 8.66. The molecule has 0 aliphatic rings. The Bertz CT molecular complexity index is 699. The molecule has 1 N–H and O–H groups in total. The lowest BCUT2D eigenvalue weighted by atomic mass is 10.1. The fourth-order valence-electron chi connectivity index (χ4n) is 1.89. The summed E-state index contributed by atoms with van der Waals surface area (Å²) in [6.07, 6.45) is 4.47. The highest BCUT2D eigenvalue weighted by atomic mass is 32.1. The maximum Gasteiger partial charge on any atom is 0.303 e. The minimum Gasteiger partial charge on any atom is -0.481 e. The maximum absolute atomic E-state index is 10.5. The van der Waals surface area contributed by atoms with Crippen molar-refractivity contribution in [3.05, 3.63) is 36.2 Å². The molecule has 0 fully saturated rings. The van der Waals surface area contributed by atoms with E-state index in [0.717, 1.165) is 20.7 Å². The van der Waals surface area contributed by atoms with Gasteiger partial charge in [0, 0.05) is 18.8 Å². The Balaban J connectivity index is 2.03. The monoisotopic (exact) mass is 246 g/mol. The molecule has 0 saturated heterocycles. The first-order chi connectivity index (χ1) is 8.24. The summed E-state index contributed by atoms with van der Waals surface area (Å²) in [4.78, 5) is 15.7. The summed E-state index contributed by atoms with van der Waals surface area (Å²) in [6.45, 7) is 0. The first-order valence-corrected chi connectivity index (χ1v) is 6.12. The second kappa shape index (κ2) is 3.85. The second-order valence-corrected chi connectivity index (χ2v) is 4.89. The molecule has 5 heteroatoms. The molecule has 3 aromatic rings. The molecule has 2 heterocycles. The van der Waals surface area contributed by atoms with Gasteiger partial charge in [-0.15, -0.1) is 0 Å². The zero-order chi connectivity index (χ0) is 11.8. The number of carboxylic acid groups (broad SMARTS) is 1. The summed E-state index contributed by atoms with van der Waals surface area (Å²) >= 11 is 1.62. The van der Waals surface area contributed by atoms with Crippen LogP contribution < -0.4 is 0 Å². The van der Waals surface area contributed by atoms with Crippen molar-refractivity contribution in [2.24, 2.45) is 0 Å². The molecule has 0 atom stereocenters. The smallest absolute Gasteiger partial charge is 0.303 e. The number of benzene rings is 1. The second-order valence-electron chi connectivity index (χ2n) is 3.88. The van der Waals surface area contributed by atoms with Gasteiger partial charge in [0.2, 0.25) is 0 Å². The van der Waals surface area contributed by atoms with Gasteiger partial charge < -0.3 is 5.11 Å². The standard InChI is InChI=1S/C12H10N2O2S/c15-11(16)4-2-8-1-3-9-10(7-8)17-12-13-5-6-14(9)12/h1,3,5-7H,2,4H2,(H,15,16). The molecular weight excluding hydrogens is 236 g/mol. The van der Waals surface area contributed by atoms with E-state index in [1.807, 2.05) is 22.7 Å². The first-order valence-electron chi connectivity index (χ1n) is 5.30. The third-order valence-electron chi connectivity index (χ3n) is 2.72. The van der Waals surface area contributed by atoms with E-state index in [2.05, 4.69) is 11.1 Å². The van der Waals surface area contributed by atoms with Crippen molar-refractivity contribution in [1.82, 2.24) is 9.38 Å². The minimum atomic E-state index is -0.758. The van der Waals surface area contributed by atoms with Crippen LogP contribution in [0, 0.1) is 0 Å². The zero-order valence-electron chi connectivity index (χ0n) is 8.96. The van der Waals surface area contributed by atoms with E-state index in [-0.39, 0.29) is 6.42 Å². The van der Waals surface area contributed by atoms with Gasteiger partial charge >= 0.3 is 5.97 Å². The summed E-state index contributed by atoms with van der Waals surface area (Å²) < 4.78 is 3.19. The molecule has 3 rings (SSSR count). The van der Waals surface area contributed by atoms with Gasteiger partial charge in [-0.25, -0.2) is 4.98 Å². The van der Waals surface area contributed by atoms with Crippen molar-refractivity contribution in [3.8, 4) is 0 Å². The minimum absolute atomic E-state index is 0.175. The predicted octanol–water partition coefficient (Wildman–Crippen LogP) is 2.57. The van der Waals surface area contributed by atoms with Gasteiger partial charge in [-0.1, -0.05) is 17.4 Å². The lowest BCUT2D eigenvalue weighted by Gasteiger charge is -1.98. The average molecular weight is 246 g/mol. The molecular formula is C12H10N2O2S. The van der Waals surface area contributed by atoms with E-state index in [1.54, 1.807) is 17.5 Å². The Morgan fingerprint density at radius 3 is 3.18 bits per heavy atom. The number of imidazole rings is 1. The molecule has 0 saturated carbocycles. The van der Waals surface area contributed by atoms with Crippen LogP contribution in [0.15, 0.2) is 30.6 Å². The molecule has 0 aliphatic heterocycles. The zero-order valence-corrected chi connectivity index (χ0v) is 9.78. The van der Waals surface area contributed by atoms with Crippen molar-refractivity contribution in [1.29, 1.82) is 0 Å². The molecule has 0 spiro atoms. The molecule has 2 aromatic heterocycles. The fourth-order valence-corrected chi connectivity index (χ4v) is 2.94. The van der Waals surface area contributed by atoms with Gasteiger partial charge in [0.1, 0.15) is 0 Å². The third kappa shape index (κ3) is 1.78. The van der Waals surface area contributed by atoms with Gasteiger partial charge in [-0.3, -0.25) is 9.20 Å². The number of aromatic nitrogens is 2. The lowest BCUT2D eigenvalue weighted by Crippen LogP contribution is -1.97. The Kier molecular flexibility index (Phi) is 2.33. The number of carboxylic acids is 1. The first kappa shape index (κ1) is 10.3. The maximum atomic E-state index is 10.5. The number of carbonyl (C=O) groups is 1. The molecule has 0 amide bonds. The van der Waals surface area contributed by atoms with Crippen molar-refractivity contribution in [3.63, 3.8) is 0 Å². The van der Waals surface area contributed by atoms with Crippen molar-refractivity contribution < 1.29 is 9.90 Å². The van der Waals surface area contributed by atoms with Crippen molar-refractivity contribution in [2.75, 3.05) is 0 Å². The third-order valence-corrected chi connectivity index (χ3v) is 3.75. The van der Waals surface area contributed by atoms with Gasteiger partial charge in [0.05, 0.1) is 10.2 Å². The van der Waals surface area contributed by atoms with E-state index < -0.39 is 5.97 Å². The Hall–Kier alpha value is -1.88. The van der Waals surface area contributed by atoms with Crippen LogP contribution in [0.4, 0.5) is 0 Å². The predicted molar refractivity (Wildman–Crippen MR) is 66.5 cm³/mol.